The van der Waals surface area contributed by atoms with Crippen LogP contribution >= 0.6 is 11.8 Å². The Morgan fingerprint density at radius 1 is 1.36 bits per heavy atom. The van der Waals surface area contributed by atoms with Crippen molar-refractivity contribution in [3.63, 3.8) is 0 Å². The van der Waals surface area contributed by atoms with Gasteiger partial charge in [-0.1, -0.05) is 11.8 Å². The highest BCUT2D eigenvalue weighted by Crippen LogP contribution is 2.24. The maximum absolute atomic E-state index is 12.0. The van der Waals surface area contributed by atoms with E-state index in [-0.39, 0.29) is 23.4 Å². The Morgan fingerprint density at radius 2 is 2.05 bits per heavy atom. The fourth-order valence-electron chi connectivity index (χ4n) is 1.39. The third-order valence-electron chi connectivity index (χ3n) is 2.19. The van der Waals surface area contributed by atoms with Crippen molar-refractivity contribution in [3.8, 4) is 5.75 Å². The highest BCUT2D eigenvalue weighted by Gasteiger charge is 2.30. The quantitative estimate of drug-likeness (QED) is 0.723. The molecule has 22 heavy (non-hydrogen) atoms. The number of hydrogen-bond donors (Lipinski definition) is 3. The number of thioether (sulfide) groups is 1. The molecule has 0 aliphatic carbocycles. The number of anilines is 2. The van der Waals surface area contributed by atoms with Crippen LogP contribution in [0, 0.1) is 0 Å². The lowest BCUT2D eigenvalue weighted by Gasteiger charge is -2.09. The zero-order valence-corrected chi connectivity index (χ0v) is 11.7. The lowest BCUT2D eigenvalue weighted by atomic mass is 10.3. The van der Waals surface area contributed by atoms with E-state index >= 15 is 0 Å². The van der Waals surface area contributed by atoms with Gasteiger partial charge in [-0.3, -0.25) is 4.79 Å². The minimum atomic E-state index is -4.75. The molecule has 0 radical (unpaired) electrons. The lowest BCUT2D eigenvalue weighted by molar-refractivity contribution is -0.274. The first-order valence-electron chi connectivity index (χ1n) is 5.78. The number of carbonyl (C=O) groups is 1. The molecule has 2 rings (SSSR count). The first-order valence-corrected chi connectivity index (χ1v) is 6.77. The van der Waals surface area contributed by atoms with E-state index in [9.17, 15) is 18.0 Å². The first kappa shape index (κ1) is 15.9. The predicted molar refractivity (Wildman–Crippen MR) is 73.3 cm³/mol. The Balaban J connectivity index is 1.83. The SMILES string of the molecule is Nc1nc(SCC(=O)Nc2ccc(OC(F)(F)F)cc2)n[nH]1. The number of nitrogen functional groups attached to an aromatic ring is 1. The zero-order valence-electron chi connectivity index (χ0n) is 10.8. The number of nitrogens with one attached hydrogen (secondary N) is 2. The molecule has 0 bridgehead atoms. The normalized spacial score (nSPS) is 11.2. The standard InChI is InChI=1S/C11H10F3N5O2S/c12-11(13,14)21-7-3-1-6(2-4-7)16-8(20)5-22-10-17-9(15)18-19-10/h1-4H,5H2,(H,16,20)(H3,15,17,18,19). The van der Waals surface area contributed by atoms with Crippen LogP contribution in [0.3, 0.4) is 0 Å². The minimum absolute atomic E-state index is 0.0259. The number of ether oxygens (including phenoxy) is 1. The summed E-state index contributed by atoms with van der Waals surface area (Å²) in [6, 6.07) is 4.81. The van der Waals surface area contributed by atoms with Crippen molar-refractivity contribution < 1.29 is 22.7 Å². The summed E-state index contributed by atoms with van der Waals surface area (Å²) in [4.78, 5) is 15.5. The molecule has 118 valence electrons. The van der Waals surface area contributed by atoms with E-state index in [4.69, 9.17) is 5.73 Å². The molecule has 0 atom stereocenters. The topological polar surface area (TPSA) is 106 Å². The number of amides is 1. The molecule has 2 aromatic rings. The minimum Gasteiger partial charge on any atom is -0.406 e. The number of hydrogen-bond acceptors (Lipinski definition) is 6. The Bertz CT molecular complexity index is 644. The number of nitrogens with two attached hydrogens (primary N) is 1. The molecule has 0 aliphatic rings. The number of benzene rings is 1. The van der Waals surface area contributed by atoms with E-state index < -0.39 is 6.36 Å². The van der Waals surface area contributed by atoms with E-state index in [1.807, 2.05) is 0 Å². The van der Waals surface area contributed by atoms with Gasteiger partial charge in [-0.05, 0) is 24.3 Å². The van der Waals surface area contributed by atoms with Crippen LogP contribution in [0.1, 0.15) is 0 Å². The highest BCUT2D eigenvalue weighted by atomic mass is 32.2. The highest BCUT2D eigenvalue weighted by molar-refractivity contribution is 7.99. The molecule has 0 saturated heterocycles. The van der Waals surface area contributed by atoms with Crippen molar-refractivity contribution in [3.05, 3.63) is 24.3 Å². The van der Waals surface area contributed by atoms with Crippen molar-refractivity contribution in [2.45, 2.75) is 11.5 Å². The number of halogens is 3. The number of aromatic amines is 1. The van der Waals surface area contributed by atoms with Crippen molar-refractivity contribution in [1.82, 2.24) is 15.2 Å². The van der Waals surface area contributed by atoms with Crippen LogP contribution in [0.4, 0.5) is 24.8 Å². The Morgan fingerprint density at radius 3 is 2.59 bits per heavy atom. The van der Waals surface area contributed by atoms with Gasteiger partial charge in [0.2, 0.25) is 17.0 Å². The van der Waals surface area contributed by atoms with Crippen LogP contribution in [0.25, 0.3) is 0 Å². The molecule has 0 spiro atoms. The average molecular weight is 333 g/mol. The van der Waals surface area contributed by atoms with Gasteiger partial charge in [0.1, 0.15) is 5.75 Å². The Kier molecular flexibility index (Phi) is 4.75. The second kappa shape index (κ2) is 6.56. The predicted octanol–water partition coefficient (Wildman–Crippen LogP) is 2.02. The van der Waals surface area contributed by atoms with E-state index in [0.717, 1.165) is 23.9 Å². The lowest BCUT2D eigenvalue weighted by Crippen LogP contribution is -2.17. The summed E-state index contributed by atoms with van der Waals surface area (Å²) < 4.78 is 39.7. The van der Waals surface area contributed by atoms with Gasteiger partial charge < -0.3 is 15.8 Å². The molecule has 0 unspecified atom stereocenters. The Labute approximate surface area is 126 Å². The number of rotatable bonds is 5. The smallest absolute Gasteiger partial charge is 0.406 e. The molecule has 1 amide bonds. The summed E-state index contributed by atoms with van der Waals surface area (Å²) in [6.07, 6.45) is -4.75. The fourth-order valence-corrected chi connectivity index (χ4v) is 2.00. The number of nitrogens with zero attached hydrogens (tertiary/aromatic N) is 2. The molecule has 0 saturated carbocycles. The third-order valence-corrected chi connectivity index (χ3v) is 3.03. The molecule has 11 heteroatoms. The van der Waals surface area contributed by atoms with E-state index in [1.54, 1.807) is 0 Å². The van der Waals surface area contributed by atoms with Gasteiger partial charge in [-0.2, -0.15) is 4.98 Å². The van der Waals surface area contributed by atoms with Crippen LogP contribution in [-0.2, 0) is 4.79 Å². The molecular weight excluding hydrogens is 323 g/mol. The summed E-state index contributed by atoms with van der Waals surface area (Å²) >= 11 is 1.06. The van der Waals surface area contributed by atoms with Crippen LogP contribution in [0.2, 0.25) is 0 Å². The fraction of sp³-hybridized carbons (Fsp3) is 0.182. The van der Waals surface area contributed by atoms with Gasteiger partial charge in [-0.25, -0.2) is 5.10 Å². The van der Waals surface area contributed by atoms with Crippen LogP contribution in [-0.4, -0.2) is 33.2 Å². The van der Waals surface area contributed by atoms with Crippen molar-refractivity contribution in [2.24, 2.45) is 0 Å². The zero-order chi connectivity index (χ0) is 16.2. The molecule has 0 fully saturated rings. The molecular formula is C11H10F3N5O2S. The van der Waals surface area contributed by atoms with Crippen molar-refractivity contribution in [1.29, 1.82) is 0 Å². The summed E-state index contributed by atoms with van der Waals surface area (Å²) in [6.45, 7) is 0. The monoisotopic (exact) mass is 333 g/mol. The summed E-state index contributed by atoms with van der Waals surface area (Å²) in [5.41, 5.74) is 5.67. The summed E-state index contributed by atoms with van der Waals surface area (Å²) in [7, 11) is 0. The third kappa shape index (κ3) is 5.16. The van der Waals surface area contributed by atoms with E-state index in [0.29, 0.717) is 10.8 Å². The van der Waals surface area contributed by atoms with Gasteiger partial charge in [0, 0.05) is 5.69 Å². The maximum Gasteiger partial charge on any atom is 0.573 e. The molecule has 1 aromatic heterocycles. The first-order chi connectivity index (χ1) is 10.3. The Hall–Kier alpha value is -2.43. The largest absolute Gasteiger partial charge is 0.573 e. The number of alkyl halides is 3. The average Bonchev–Trinajstić information content (AvgIpc) is 2.83. The van der Waals surface area contributed by atoms with Gasteiger partial charge in [0.05, 0.1) is 5.75 Å². The summed E-state index contributed by atoms with van der Waals surface area (Å²) in [5.74, 6) is -0.560. The van der Waals surface area contributed by atoms with Crippen molar-refractivity contribution in [2.75, 3.05) is 16.8 Å². The van der Waals surface area contributed by atoms with Gasteiger partial charge in [0.25, 0.3) is 0 Å². The maximum atomic E-state index is 12.0. The van der Waals surface area contributed by atoms with Crippen LogP contribution < -0.4 is 15.8 Å². The van der Waals surface area contributed by atoms with Gasteiger partial charge >= 0.3 is 6.36 Å². The number of carbonyl (C=O) groups excluding carboxylic acids is 1. The van der Waals surface area contributed by atoms with Gasteiger partial charge in [0.15, 0.2) is 0 Å². The van der Waals surface area contributed by atoms with E-state index in [2.05, 4.69) is 25.2 Å². The molecule has 1 aromatic carbocycles. The van der Waals surface area contributed by atoms with E-state index in [1.165, 1.54) is 12.1 Å². The molecule has 4 N–H and O–H groups in total. The molecule has 1 heterocycles. The van der Waals surface area contributed by atoms with Gasteiger partial charge in [-0.15, -0.1) is 18.3 Å². The van der Waals surface area contributed by atoms with Crippen molar-refractivity contribution >= 4 is 29.3 Å². The van der Waals surface area contributed by atoms with Crippen LogP contribution in [0.5, 0.6) is 5.75 Å². The number of aromatic nitrogens is 3. The second-order valence-corrected chi connectivity index (χ2v) is 4.85. The number of H-pyrrole nitrogens is 1. The second-order valence-electron chi connectivity index (χ2n) is 3.91. The molecule has 7 nitrogen and oxygen atoms in total. The van der Waals surface area contributed by atoms with Crippen LogP contribution in [0.15, 0.2) is 29.4 Å². The molecule has 0 aliphatic heterocycles. The summed E-state index contributed by atoms with van der Waals surface area (Å²) in [5, 5.41) is 9.00.